The number of hydrogen-bond donors (Lipinski definition) is 1. The molecule has 1 heterocycles. The van der Waals surface area contributed by atoms with Gasteiger partial charge in [-0.2, -0.15) is 16.5 Å². The van der Waals surface area contributed by atoms with E-state index in [1.807, 2.05) is 6.26 Å². The molecule has 1 aromatic carbocycles. The molecule has 168 valence electrons. The van der Waals surface area contributed by atoms with Crippen molar-refractivity contribution in [2.75, 3.05) is 38.2 Å². The predicted molar refractivity (Wildman–Crippen MR) is 121 cm³/mol. The van der Waals surface area contributed by atoms with Crippen molar-refractivity contribution in [3.05, 3.63) is 30.3 Å². The number of hydrogen-bond acceptors (Lipinski definition) is 5. The first-order valence-electron chi connectivity index (χ1n) is 10.4. The molecule has 0 aliphatic carbocycles. The number of thioether (sulfide) groups is 1. The summed E-state index contributed by atoms with van der Waals surface area (Å²) in [4.78, 5) is 29.0. The van der Waals surface area contributed by atoms with Gasteiger partial charge in [0, 0.05) is 32.6 Å². The minimum absolute atomic E-state index is 0.125. The number of sulfonamides is 1. The lowest BCUT2D eigenvalue weighted by Crippen LogP contribution is -2.56. The van der Waals surface area contributed by atoms with Crippen molar-refractivity contribution >= 4 is 33.6 Å². The van der Waals surface area contributed by atoms with Crippen LogP contribution in [0.4, 0.5) is 0 Å². The van der Waals surface area contributed by atoms with Gasteiger partial charge in [-0.1, -0.05) is 32.0 Å². The number of nitrogens with zero attached hydrogens (tertiary/aromatic N) is 2. The molecule has 1 N–H and O–H groups in total. The van der Waals surface area contributed by atoms with Crippen LogP contribution in [0, 0.1) is 5.92 Å². The average Bonchev–Trinajstić information content (AvgIpc) is 2.75. The Bertz CT molecular complexity index is 792. The van der Waals surface area contributed by atoms with E-state index in [0.717, 1.165) is 6.42 Å². The van der Waals surface area contributed by atoms with Gasteiger partial charge in [-0.05, 0) is 42.9 Å². The Morgan fingerprint density at radius 1 is 1.03 bits per heavy atom. The Hall–Kier alpha value is -1.58. The van der Waals surface area contributed by atoms with E-state index >= 15 is 0 Å². The summed E-state index contributed by atoms with van der Waals surface area (Å²) in [6.07, 6.45) is 3.73. The van der Waals surface area contributed by atoms with Crippen LogP contribution in [-0.2, 0) is 19.6 Å². The van der Waals surface area contributed by atoms with Gasteiger partial charge in [0.1, 0.15) is 6.04 Å². The number of amides is 2. The van der Waals surface area contributed by atoms with E-state index in [-0.39, 0.29) is 16.7 Å². The third-order valence-corrected chi connectivity index (χ3v) is 7.27. The fraction of sp³-hybridized carbons (Fsp3) is 0.619. The molecule has 0 bridgehead atoms. The van der Waals surface area contributed by atoms with E-state index in [1.165, 1.54) is 12.1 Å². The zero-order chi connectivity index (χ0) is 22.1. The number of carbonyl (C=O) groups excluding carboxylic acids is 2. The lowest BCUT2D eigenvalue weighted by Gasteiger charge is -2.36. The van der Waals surface area contributed by atoms with Gasteiger partial charge in [-0.15, -0.1) is 0 Å². The lowest BCUT2D eigenvalue weighted by molar-refractivity contribution is -0.140. The van der Waals surface area contributed by atoms with E-state index in [9.17, 15) is 18.0 Å². The summed E-state index contributed by atoms with van der Waals surface area (Å²) in [5.41, 5.74) is 0. The smallest absolute Gasteiger partial charge is 0.241 e. The fourth-order valence-electron chi connectivity index (χ4n) is 3.29. The molecular weight excluding hydrogens is 422 g/mol. The van der Waals surface area contributed by atoms with E-state index < -0.39 is 16.1 Å². The topological polar surface area (TPSA) is 86.8 Å². The molecule has 0 saturated carbocycles. The highest BCUT2D eigenvalue weighted by molar-refractivity contribution is 7.98. The van der Waals surface area contributed by atoms with Crippen LogP contribution in [0.15, 0.2) is 35.2 Å². The van der Waals surface area contributed by atoms with Crippen LogP contribution < -0.4 is 4.72 Å². The molecule has 1 unspecified atom stereocenters. The van der Waals surface area contributed by atoms with Crippen molar-refractivity contribution in [3.8, 4) is 0 Å². The number of benzene rings is 1. The SMILES string of the molecule is CSCCC(NS(=O)(=O)c1ccccc1)C(=O)N1CCN(C(=O)CCC(C)C)CC1. The van der Waals surface area contributed by atoms with Crippen LogP contribution in [0.3, 0.4) is 0 Å². The number of rotatable bonds is 10. The maximum absolute atomic E-state index is 13.1. The first kappa shape index (κ1) is 24.7. The van der Waals surface area contributed by atoms with Crippen molar-refractivity contribution < 1.29 is 18.0 Å². The highest BCUT2D eigenvalue weighted by Gasteiger charge is 2.31. The summed E-state index contributed by atoms with van der Waals surface area (Å²) in [7, 11) is -3.78. The van der Waals surface area contributed by atoms with E-state index in [4.69, 9.17) is 0 Å². The number of nitrogens with one attached hydrogen (secondary N) is 1. The minimum atomic E-state index is -3.78. The molecule has 0 radical (unpaired) electrons. The Morgan fingerprint density at radius 3 is 2.20 bits per heavy atom. The van der Waals surface area contributed by atoms with Gasteiger partial charge < -0.3 is 9.80 Å². The molecule has 0 spiro atoms. The molecule has 0 aromatic heterocycles. The van der Waals surface area contributed by atoms with Gasteiger partial charge in [-0.25, -0.2) is 8.42 Å². The Balaban J connectivity index is 1.99. The highest BCUT2D eigenvalue weighted by atomic mass is 32.2. The molecular formula is C21H33N3O4S2. The summed E-state index contributed by atoms with van der Waals surface area (Å²) >= 11 is 1.57. The van der Waals surface area contributed by atoms with Crippen molar-refractivity contribution in [2.24, 2.45) is 5.92 Å². The van der Waals surface area contributed by atoms with Crippen LogP contribution in [-0.4, -0.2) is 74.3 Å². The molecule has 2 rings (SSSR count). The van der Waals surface area contributed by atoms with E-state index in [2.05, 4.69) is 18.6 Å². The van der Waals surface area contributed by atoms with Gasteiger partial charge in [0.2, 0.25) is 21.8 Å². The second-order valence-electron chi connectivity index (χ2n) is 7.91. The third-order valence-electron chi connectivity index (χ3n) is 5.14. The van der Waals surface area contributed by atoms with Crippen molar-refractivity contribution in [2.45, 2.75) is 44.0 Å². The van der Waals surface area contributed by atoms with E-state index in [1.54, 1.807) is 39.8 Å². The van der Waals surface area contributed by atoms with Crippen molar-refractivity contribution in [1.82, 2.24) is 14.5 Å². The summed E-state index contributed by atoms with van der Waals surface area (Å²) in [6.45, 7) is 6.01. The first-order valence-corrected chi connectivity index (χ1v) is 13.2. The molecule has 1 atom stereocenters. The Labute approximate surface area is 184 Å². The molecule has 1 aliphatic rings. The average molecular weight is 456 g/mol. The van der Waals surface area contributed by atoms with Crippen LogP contribution in [0.5, 0.6) is 0 Å². The second kappa shape index (κ2) is 11.7. The first-order chi connectivity index (χ1) is 14.2. The number of piperazine rings is 1. The summed E-state index contributed by atoms with van der Waals surface area (Å²) in [6, 6.07) is 7.27. The highest BCUT2D eigenvalue weighted by Crippen LogP contribution is 2.14. The molecule has 1 saturated heterocycles. The summed E-state index contributed by atoms with van der Waals surface area (Å²) in [5.74, 6) is 1.05. The monoisotopic (exact) mass is 455 g/mol. The van der Waals surface area contributed by atoms with Gasteiger partial charge in [0.25, 0.3) is 0 Å². The molecule has 1 fully saturated rings. The van der Waals surface area contributed by atoms with Gasteiger partial charge in [-0.3, -0.25) is 9.59 Å². The molecule has 2 amide bonds. The molecule has 1 aliphatic heterocycles. The normalized spacial score (nSPS) is 16.0. The number of carbonyl (C=O) groups is 2. The molecule has 30 heavy (non-hydrogen) atoms. The minimum Gasteiger partial charge on any atom is -0.339 e. The predicted octanol–water partition coefficient (Wildman–Crippen LogP) is 2.19. The van der Waals surface area contributed by atoms with Crippen LogP contribution in [0.25, 0.3) is 0 Å². The van der Waals surface area contributed by atoms with Gasteiger partial charge >= 0.3 is 0 Å². The van der Waals surface area contributed by atoms with Crippen molar-refractivity contribution in [1.29, 1.82) is 0 Å². The fourth-order valence-corrected chi connectivity index (χ4v) is 5.01. The zero-order valence-electron chi connectivity index (χ0n) is 18.0. The maximum atomic E-state index is 13.1. The second-order valence-corrected chi connectivity index (χ2v) is 10.6. The zero-order valence-corrected chi connectivity index (χ0v) is 19.7. The van der Waals surface area contributed by atoms with Crippen LogP contribution in [0.2, 0.25) is 0 Å². The maximum Gasteiger partial charge on any atom is 0.241 e. The Morgan fingerprint density at radius 2 is 1.63 bits per heavy atom. The third kappa shape index (κ3) is 7.28. The molecule has 1 aromatic rings. The lowest BCUT2D eigenvalue weighted by atomic mass is 10.1. The largest absolute Gasteiger partial charge is 0.339 e. The molecule has 9 heteroatoms. The van der Waals surface area contributed by atoms with Gasteiger partial charge in [0.15, 0.2) is 0 Å². The summed E-state index contributed by atoms with van der Waals surface area (Å²) < 4.78 is 28.0. The standard InChI is InChI=1S/C21H33N3O4S2/c1-17(2)9-10-20(25)23-12-14-24(15-13-23)21(26)19(11-16-29-3)22-30(27,28)18-7-5-4-6-8-18/h4-8,17,19,22H,9-16H2,1-3H3. The quantitative estimate of drug-likeness (QED) is 0.584. The molecule has 7 nitrogen and oxygen atoms in total. The van der Waals surface area contributed by atoms with Crippen LogP contribution in [0.1, 0.15) is 33.1 Å². The Kier molecular flexibility index (Phi) is 9.64. The van der Waals surface area contributed by atoms with E-state index in [0.29, 0.717) is 50.7 Å². The van der Waals surface area contributed by atoms with Gasteiger partial charge in [0.05, 0.1) is 4.90 Å². The van der Waals surface area contributed by atoms with Crippen molar-refractivity contribution in [3.63, 3.8) is 0 Å². The van der Waals surface area contributed by atoms with Crippen LogP contribution >= 0.6 is 11.8 Å². The summed E-state index contributed by atoms with van der Waals surface area (Å²) in [5, 5.41) is 0.